The molecule has 1 heterocycles. The predicted molar refractivity (Wildman–Crippen MR) is 54.7 cm³/mol. The number of hydrogen-bond acceptors (Lipinski definition) is 1. The molecule has 0 radical (unpaired) electrons. The molecule has 2 fully saturated rings. The van der Waals surface area contributed by atoms with Crippen LogP contribution < -0.4 is 0 Å². The van der Waals surface area contributed by atoms with Crippen molar-refractivity contribution in [1.82, 2.24) is 0 Å². The van der Waals surface area contributed by atoms with Gasteiger partial charge in [0.25, 0.3) is 0 Å². The van der Waals surface area contributed by atoms with Crippen molar-refractivity contribution in [3.05, 3.63) is 0 Å². The van der Waals surface area contributed by atoms with Crippen LogP contribution in [0.25, 0.3) is 0 Å². The molecule has 1 saturated carbocycles. The van der Waals surface area contributed by atoms with E-state index in [4.69, 9.17) is 4.74 Å². The third-order valence-electron chi connectivity index (χ3n) is 3.74. The van der Waals surface area contributed by atoms with Gasteiger partial charge in [0.05, 0.1) is 12.2 Å². The lowest BCUT2D eigenvalue weighted by Crippen LogP contribution is -2.24. The maximum absolute atomic E-state index is 5.63. The Balaban J connectivity index is 1.87. The summed E-state index contributed by atoms with van der Waals surface area (Å²) in [5.74, 6) is 1.96. The van der Waals surface area contributed by atoms with Crippen molar-refractivity contribution in [3.8, 4) is 0 Å². The molecule has 0 spiro atoms. The molecule has 0 amide bonds. The van der Waals surface area contributed by atoms with Crippen molar-refractivity contribution in [2.45, 2.75) is 64.6 Å². The van der Waals surface area contributed by atoms with Crippen LogP contribution in [0.2, 0.25) is 0 Å². The normalized spacial score (nSPS) is 42.9. The predicted octanol–water partition coefficient (Wildman–Crippen LogP) is 3.38. The highest BCUT2D eigenvalue weighted by Gasteiger charge is 2.47. The fourth-order valence-electron chi connectivity index (χ4n) is 3.02. The van der Waals surface area contributed by atoms with Gasteiger partial charge in [0.1, 0.15) is 0 Å². The molecule has 13 heavy (non-hydrogen) atoms. The van der Waals surface area contributed by atoms with Gasteiger partial charge >= 0.3 is 0 Å². The summed E-state index contributed by atoms with van der Waals surface area (Å²) in [7, 11) is 0. The van der Waals surface area contributed by atoms with E-state index in [2.05, 4.69) is 13.8 Å². The van der Waals surface area contributed by atoms with Crippen LogP contribution in [-0.4, -0.2) is 12.2 Å². The van der Waals surface area contributed by atoms with Crippen LogP contribution in [0.4, 0.5) is 0 Å². The van der Waals surface area contributed by atoms with Gasteiger partial charge in [0.2, 0.25) is 0 Å². The summed E-state index contributed by atoms with van der Waals surface area (Å²) in [5, 5.41) is 0. The monoisotopic (exact) mass is 182 g/mol. The van der Waals surface area contributed by atoms with Crippen molar-refractivity contribution in [1.29, 1.82) is 0 Å². The second-order valence-electron chi connectivity index (χ2n) is 4.78. The summed E-state index contributed by atoms with van der Waals surface area (Å²) in [5.41, 5.74) is 0. The molecule has 1 aliphatic carbocycles. The maximum Gasteiger partial charge on any atom is 0.0844 e. The number of hydrogen-bond donors (Lipinski definition) is 0. The summed E-state index contributed by atoms with van der Waals surface area (Å²) < 4.78 is 5.63. The molecule has 76 valence electrons. The van der Waals surface area contributed by atoms with Crippen LogP contribution >= 0.6 is 0 Å². The quantitative estimate of drug-likeness (QED) is 0.607. The van der Waals surface area contributed by atoms with Crippen molar-refractivity contribution in [2.24, 2.45) is 11.8 Å². The molecule has 2 aliphatic rings. The van der Waals surface area contributed by atoms with Gasteiger partial charge in [-0.05, 0) is 24.7 Å². The van der Waals surface area contributed by atoms with Gasteiger partial charge in [0, 0.05) is 0 Å². The van der Waals surface area contributed by atoms with Crippen molar-refractivity contribution in [2.75, 3.05) is 0 Å². The molecule has 1 aliphatic heterocycles. The van der Waals surface area contributed by atoms with Gasteiger partial charge in [-0.2, -0.15) is 0 Å². The molecule has 4 atom stereocenters. The topological polar surface area (TPSA) is 12.5 Å². The van der Waals surface area contributed by atoms with Crippen LogP contribution in [0, 0.1) is 11.8 Å². The minimum atomic E-state index is 0.671. The first kappa shape index (κ1) is 9.51. The third-order valence-corrected chi connectivity index (χ3v) is 3.74. The summed E-state index contributed by atoms with van der Waals surface area (Å²) in [6.07, 6.45) is 9.63. The van der Waals surface area contributed by atoms with Crippen LogP contribution in [0.1, 0.15) is 52.4 Å². The van der Waals surface area contributed by atoms with E-state index in [1.807, 2.05) is 0 Å². The molecule has 0 aromatic carbocycles. The molecule has 4 unspecified atom stereocenters. The summed E-state index contributed by atoms with van der Waals surface area (Å²) in [4.78, 5) is 0. The second-order valence-corrected chi connectivity index (χ2v) is 4.78. The van der Waals surface area contributed by atoms with E-state index in [0.29, 0.717) is 12.2 Å². The smallest absolute Gasteiger partial charge is 0.0844 e. The Morgan fingerprint density at radius 2 is 1.38 bits per heavy atom. The fraction of sp³-hybridized carbons (Fsp3) is 1.00. The zero-order chi connectivity index (χ0) is 9.26. The molecule has 0 aromatic rings. The van der Waals surface area contributed by atoms with E-state index in [-0.39, 0.29) is 0 Å². The Morgan fingerprint density at radius 3 is 1.77 bits per heavy atom. The van der Waals surface area contributed by atoms with Gasteiger partial charge in [-0.25, -0.2) is 0 Å². The lowest BCUT2D eigenvalue weighted by atomic mass is 9.75. The highest BCUT2D eigenvalue weighted by Crippen LogP contribution is 2.45. The van der Waals surface area contributed by atoms with Crippen molar-refractivity contribution < 1.29 is 4.74 Å². The molecule has 1 saturated heterocycles. The number of fused-ring (bicyclic) bond motifs is 1. The molecular weight excluding hydrogens is 160 g/mol. The summed E-state index contributed by atoms with van der Waals surface area (Å²) in [6.45, 7) is 4.62. The van der Waals surface area contributed by atoms with Crippen LogP contribution in [-0.2, 0) is 4.74 Å². The van der Waals surface area contributed by atoms with Gasteiger partial charge in [0.15, 0.2) is 0 Å². The first-order valence-corrected chi connectivity index (χ1v) is 6.00. The Hall–Kier alpha value is -0.0400. The second kappa shape index (κ2) is 4.00. The minimum absolute atomic E-state index is 0.671. The Labute approximate surface area is 81.9 Å². The first-order chi connectivity index (χ1) is 6.35. The maximum atomic E-state index is 5.63. The van der Waals surface area contributed by atoms with E-state index in [1.54, 1.807) is 0 Å². The van der Waals surface area contributed by atoms with Crippen molar-refractivity contribution >= 4 is 0 Å². The highest BCUT2D eigenvalue weighted by atomic mass is 16.6. The number of epoxide rings is 1. The Bertz CT molecular complexity index is 149. The van der Waals surface area contributed by atoms with E-state index in [9.17, 15) is 0 Å². The Morgan fingerprint density at radius 1 is 0.923 bits per heavy atom. The first-order valence-electron chi connectivity index (χ1n) is 6.00. The summed E-state index contributed by atoms with van der Waals surface area (Å²) >= 11 is 0. The third kappa shape index (κ3) is 2.07. The van der Waals surface area contributed by atoms with E-state index < -0.39 is 0 Å². The summed E-state index contributed by atoms with van der Waals surface area (Å²) in [6, 6.07) is 0. The molecule has 1 nitrogen and oxygen atoms in total. The van der Waals surface area contributed by atoms with Gasteiger partial charge in [-0.1, -0.05) is 39.5 Å². The van der Waals surface area contributed by atoms with Gasteiger partial charge in [-0.15, -0.1) is 0 Å². The number of rotatable bonds is 4. The largest absolute Gasteiger partial charge is 0.370 e. The SMILES string of the molecule is CCCC1CC2OC2CC1CCC. The zero-order valence-electron chi connectivity index (χ0n) is 8.96. The minimum Gasteiger partial charge on any atom is -0.370 e. The highest BCUT2D eigenvalue weighted by molar-refractivity contribution is 4.95. The van der Waals surface area contributed by atoms with Gasteiger partial charge < -0.3 is 4.74 Å². The van der Waals surface area contributed by atoms with Crippen LogP contribution in [0.3, 0.4) is 0 Å². The molecule has 0 N–H and O–H groups in total. The molecule has 1 heteroatoms. The fourth-order valence-corrected chi connectivity index (χ4v) is 3.02. The lowest BCUT2D eigenvalue weighted by molar-refractivity contribution is 0.232. The zero-order valence-corrected chi connectivity index (χ0v) is 8.96. The molecular formula is C12H22O. The lowest BCUT2D eigenvalue weighted by Gasteiger charge is -2.28. The van der Waals surface area contributed by atoms with E-state index in [1.165, 1.54) is 38.5 Å². The van der Waals surface area contributed by atoms with Gasteiger partial charge in [-0.3, -0.25) is 0 Å². The number of ether oxygens (including phenoxy) is 1. The average Bonchev–Trinajstić information content (AvgIpc) is 2.84. The molecule has 0 aromatic heterocycles. The Kier molecular flexibility index (Phi) is 2.92. The van der Waals surface area contributed by atoms with E-state index in [0.717, 1.165) is 11.8 Å². The molecule has 2 rings (SSSR count). The van der Waals surface area contributed by atoms with Crippen molar-refractivity contribution in [3.63, 3.8) is 0 Å². The van der Waals surface area contributed by atoms with Crippen LogP contribution in [0.15, 0.2) is 0 Å². The standard InChI is InChI=1S/C12H22O/c1-3-5-9-7-11-12(13-11)8-10(9)6-4-2/h9-12H,3-8H2,1-2H3. The van der Waals surface area contributed by atoms with E-state index >= 15 is 0 Å². The molecule has 0 bridgehead atoms. The average molecular weight is 182 g/mol. The van der Waals surface area contributed by atoms with Crippen LogP contribution in [0.5, 0.6) is 0 Å².